The van der Waals surface area contributed by atoms with Crippen LogP contribution < -0.4 is 10.6 Å². The Hall–Kier alpha value is -5.33. The van der Waals surface area contributed by atoms with Crippen LogP contribution in [-0.2, 0) is 37.2 Å². The number of hydrogen-bond donors (Lipinski definition) is 3. The lowest BCUT2D eigenvalue weighted by molar-refractivity contribution is -0.123. The van der Waals surface area contributed by atoms with Crippen LogP contribution >= 0.6 is 11.6 Å². The summed E-state index contributed by atoms with van der Waals surface area (Å²) < 4.78 is 90.3. The summed E-state index contributed by atoms with van der Waals surface area (Å²) in [4.78, 5) is 18.7. The number of nitrogens with zero attached hydrogens (tertiary/aromatic N) is 5. The summed E-state index contributed by atoms with van der Waals surface area (Å²) in [7, 11) is 1.71. The van der Waals surface area contributed by atoms with Gasteiger partial charge in [0.2, 0.25) is 5.91 Å². The van der Waals surface area contributed by atoms with E-state index < -0.39 is 71.8 Å². The SMILES string of the molecule is C=CC1Cc2c(C(F)F)nn(CC(=O)NC(Cc3cc(F)cc(F)c3)c3nc(C#CC(C)(C)O)ccc3-c3ccc(Cl)c4c(NCC)nn(C)c34)c2C1(F)F. The van der Waals surface area contributed by atoms with Gasteiger partial charge in [-0.25, -0.2) is 22.5 Å². The second-order valence-corrected chi connectivity index (χ2v) is 14.1. The predicted molar refractivity (Wildman–Crippen MR) is 196 cm³/mol. The number of hydrogen-bond acceptors (Lipinski definition) is 6. The van der Waals surface area contributed by atoms with Crippen LogP contribution in [0.1, 0.15) is 67.1 Å². The van der Waals surface area contributed by atoms with Gasteiger partial charge in [-0.05, 0) is 75.4 Å². The van der Waals surface area contributed by atoms with Crippen LogP contribution in [-0.4, -0.2) is 47.7 Å². The van der Waals surface area contributed by atoms with Crippen LogP contribution in [0.5, 0.6) is 0 Å². The van der Waals surface area contributed by atoms with Gasteiger partial charge in [-0.2, -0.15) is 19.0 Å². The molecule has 5 aromatic rings. The monoisotopic (exact) mass is 783 g/mol. The van der Waals surface area contributed by atoms with E-state index in [0.29, 0.717) is 50.2 Å². The molecule has 288 valence electrons. The summed E-state index contributed by atoms with van der Waals surface area (Å²) in [6, 6.07) is 8.18. The molecular formula is C39H36ClF6N7O2. The number of halogens is 7. The number of carbonyl (C=O) groups is 1. The summed E-state index contributed by atoms with van der Waals surface area (Å²) in [5.41, 5.74) is -1.56. The molecular weight excluding hydrogens is 748 g/mol. The van der Waals surface area contributed by atoms with E-state index in [4.69, 9.17) is 16.6 Å². The van der Waals surface area contributed by atoms with Crippen molar-refractivity contribution in [3.63, 3.8) is 0 Å². The maximum Gasteiger partial charge on any atom is 0.296 e. The third-order valence-corrected chi connectivity index (χ3v) is 9.41. The van der Waals surface area contributed by atoms with Gasteiger partial charge in [0.1, 0.15) is 40.9 Å². The van der Waals surface area contributed by atoms with E-state index >= 15 is 8.78 Å². The Bertz CT molecular complexity index is 2350. The lowest BCUT2D eigenvalue weighted by Gasteiger charge is -2.23. The number of carbonyl (C=O) groups excluding carboxylic acids is 1. The molecule has 6 rings (SSSR count). The number of allylic oxidation sites excluding steroid dienone is 1. The standard InChI is InChI=1S/C39H36ClF6N7O2/c1-6-21-17-27-33(36(43)44)50-53(35(27)39(21,45)46)19-30(54)49-29(16-20-14-22(41)18-23(42)15-20)32-25(9-8-24(48-32)12-13-38(3,4)55)26-10-11-28(40)31-34(26)52(5)51-37(31)47-7-2/h6,8-11,14-15,18,21,29,36,55H,1,7,16-17,19H2,2-5H3,(H,47,51)(H,49,54). The fraction of sp³-hybridized carbons (Fsp3) is 0.333. The molecule has 2 aromatic carbocycles. The Morgan fingerprint density at radius 3 is 2.45 bits per heavy atom. The van der Waals surface area contributed by atoms with E-state index in [1.54, 1.807) is 36.0 Å². The number of aromatic nitrogens is 5. The number of fused-ring (bicyclic) bond motifs is 2. The fourth-order valence-corrected chi connectivity index (χ4v) is 7.08. The normalized spacial score (nSPS) is 15.5. The number of amides is 1. The van der Waals surface area contributed by atoms with Crippen molar-refractivity contribution >= 4 is 34.2 Å². The van der Waals surface area contributed by atoms with Gasteiger partial charge in [-0.15, -0.1) is 6.58 Å². The Balaban J connectivity index is 1.52. The topological polar surface area (TPSA) is 110 Å². The number of aryl methyl sites for hydroxylation is 1. The molecule has 0 aliphatic heterocycles. The molecule has 1 aliphatic carbocycles. The number of benzene rings is 2. The lowest BCUT2D eigenvalue weighted by atomic mass is 9.93. The minimum absolute atomic E-state index is 0.0973. The molecule has 55 heavy (non-hydrogen) atoms. The van der Waals surface area contributed by atoms with Crippen molar-refractivity contribution in [2.75, 3.05) is 11.9 Å². The summed E-state index contributed by atoms with van der Waals surface area (Å²) in [6.45, 7) is 7.88. The first kappa shape index (κ1) is 39.4. The van der Waals surface area contributed by atoms with E-state index in [1.807, 2.05) is 6.92 Å². The average molecular weight is 784 g/mol. The van der Waals surface area contributed by atoms with E-state index in [1.165, 1.54) is 13.8 Å². The molecule has 0 spiro atoms. The van der Waals surface area contributed by atoms with Crippen LogP contribution in [0.2, 0.25) is 5.02 Å². The Kier molecular flexibility index (Phi) is 10.8. The first-order valence-electron chi connectivity index (χ1n) is 17.2. The van der Waals surface area contributed by atoms with Crippen molar-refractivity contribution in [2.45, 2.75) is 64.1 Å². The number of aliphatic hydroxyl groups is 1. The van der Waals surface area contributed by atoms with Gasteiger partial charge in [0, 0.05) is 36.3 Å². The Morgan fingerprint density at radius 1 is 1.13 bits per heavy atom. The van der Waals surface area contributed by atoms with E-state index in [9.17, 15) is 27.5 Å². The lowest BCUT2D eigenvalue weighted by Crippen LogP contribution is -2.35. The Morgan fingerprint density at radius 2 is 1.82 bits per heavy atom. The molecule has 0 bridgehead atoms. The highest BCUT2D eigenvalue weighted by Gasteiger charge is 2.52. The van der Waals surface area contributed by atoms with Crippen molar-refractivity contribution in [1.29, 1.82) is 0 Å². The molecule has 3 N–H and O–H groups in total. The molecule has 3 aromatic heterocycles. The first-order chi connectivity index (χ1) is 25.9. The summed E-state index contributed by atoms with van der Waals surface area (Å²) in [5, 5.41) is 25.5. The molecule has 0 fully saturated rings. The molecule has 2 atom stereocenters. The molecule has 1 amide bonds. The zero-order chi connectivity index (χ0) is 40.0. The number of rotatable bonds is 11. The Labute approximate surface area is 317 Å². The van der Waals surface area contributed by atoms with Crippen molar-refractivity contribution in [3.8, 4) is 23.0 Å². The minimum atomic E-state index is -3.65. The largest absolute Gasteiger partial charge is 0.378 e. The van der Waals surface area contributed by atoms with Gasteiger partial charge in [0.15, 0.2) is 5.82 Å². The van der Waals surface area contributed by atoms with Crippen LogP contribution in [0.15, 0.2) is 55.1 Å². The van der Waals surface area contributed by atoms with Crippen LogP contribution in [0.3, 0.4) is 0 Å². The van der Waals surface area contributed by atoms with Gasteiger partial charge in [-0.3, -0.25) is 14.2 Å². The summed E-state index contributed by atoms with van der Waals surface area (Å²) >= 11 is 6.67. The molecule has 0 saturated heterocycles. The highest BCUT2D eigenvalue weighted by Crippen LogP contribution is 2.49. The maximum atomic E-state index is 15.5. The van der Waals surface area contributed by atoms with Gasteiger partial charge in [-0.1, -0.05) is 29.7 Å². The molecule has 9 nitrogen and oxygen atoms in total. The minimum Gasteiger partial charge on any atom is -0.378 e. The fourth-order valence-electron chi connectivity index (χ4n) is 6.83. The van der Waals surface area contributed by atoms with Crippen LogP contribution in [0.25, 0.3) is 22.0 Å². The van der Waals surface area contributed by atoms with Gasteiger partial charge in [0.25, 0.3) is 12.3 Å². The zero-order valence-electron chi connectivity index (χ0n) is 30.1. The smallest absolute Gasteiger partial charge is 0.296 e. The number of pyridine rings is 1. The van der Waals surface area contributed by atoms with E-state index in [2.05, 4.69) is 39.3 Å². The van der Waals surface area contributed by atoms with Gasteiger partial charge in [0.05, 0.1) is 33.6 Å². The first-order valence-corrected chi connectivity index (χ1v) is 17.6. The number of alkyl halides is 4. The second kappa shape index (κ2) is 15.1. The second-order valence-electron chi connectivity index (χ2n) is 13.7. The molecule has 2 unspecified atom stereocenters. The summed E-state index contributed by atoms with van der Waals surface area (Å²) in [6.07, 6.45) is -2.93. The van der Waals surface area contributed by atoms with Gasteiger partial charge < -0.3 is 15.7 Å². The summed E-state index contributed by atoms with van der Waals surface area (Å²) in [5.74, 6) is -1.88. The van der Waals surface area contributed by atoms with Crippen molar-refractivity contribution in [3.05, 3.63) is 106 Å². The predicted octanol–water partition coefficient (Wildman–Crippen LogP) is 7.81. The van der Waals surface area contributed by atoms with E-state index in [0.717, 1.165) is 18.2 Å². The zero-order valence-corrected chi connectivity index (χ0v) is 30.9. The molecule has 3 heterocycles. The third-order valence-electron chi connectivity index (χ3n) is 9.09. The van der Waals surface area contributed by atoms with Crippen LogP contribution in [0, 0.1) is 29.4 Å². The molecule has 0 saturated carbocycles. The number of anilines is 1. The highest BCUT2D eigenvalue weighted by molar-refractivity contribution is 6.37. The van der Waals surface area contributed by atoms with Gasteiger partial charge >= 0.3 is 0 Å². The van der Waals surface area contributed by atoms with E-state index in [-0.39, 0.29) is 28.9 Å². The molecule has 0 radical (unpaired) electrons. The highest BCUT2D eigenvalue weighted by atomic mass is 35.5. The molecule has 16 heteroatoms. The average Bonchev–Trinajstić information content (AvgIpc) is 3.72. The number of nitrogens with one attached hydrogen (secondary N) is 2. The maximum absolute atomic E-state index is 15.5. The van der Waals surface area contributed by atoms with Crippen LogP contribution in [0.4, 0.5) is 32.2 Å². The van der Waals surface area contributed by atoms with Crippen molar-refractivity contribution < 1.29 is 36.2 Å². The van der Waals surface area contributed by atoms with Crippen molar-refractivity contribution in [1.82, 2.24) is 29.9 Å². The molecule has 1 aliphatic rings. The quantitative estimate of drug-likeness (QED) is 0.0717. The van der Waals surface area contributed by atoms with Crippen molar-refractivity contribution in [2.24, 2.45) is 13.0 Å². The third kappa shape index (κ3) is 7.92.